The lowest BCUT2D eigenvalue weighted by atomic mass is 10.2. The fourth-order valence-corrected chi connectivity index (χ4v) is 4.35. The molecule has 3 heterocycles. The van der Waals surface area contributed by atoms with Gasteiger partial charge in [-0.25, -0.2) is 9.97 Å². The Kier molecular flexibility index (Phi) is 6.70. The Labute approximate surface area is 180 Å². The van der Waals surface area contributed by atoms with Gasteiger partial charge >= 0.3 is 0 Å². The number of benzene rings is 1. The summed E-state index contributed by atoms with van der Waals surface area (Å²) in [5.41, 5.74) is 2.19. The third-order valence-corrected chi connectivity index (χ3v) is 6.18. The SMILES string of the molecule is COc1ccc(-c2nc(CN3CCN(C(=O)CCCn4cncn4)CC3)cs2)cc1. The minimum Gasteiger partial charge on any atom is -0.497 e. The number of ether oxygens (including phenoxy) is 1. The van der Waals surface area contributed by atoms with Crippen LogP contribution < -0.4 is 4.74 Å². The molecule has 2 aromatic heterocycles. The molecule has 158 valence electrons. The van der Waals surface area contributed by atoms with E-state index in [9.17, 15) is 4.79 Å². The maximum absolute atomic E-state index is 12.4. The molecule has 9 heteroatoms. The van der Waals surface area contributed by atoms with Gasteiger partial charge in [0.25, 0.3) is 0 Å². The van der Waals surface area contributed by atoms with Crippen molar-refractivity contribution in [2.75, 3.05) is 33.3 Å². The maximum Gasteiger partial charge on any atom is 0.222 e. The van der Waals surface area contributed by atoms with Crippen LogP contribution in [0.5, 0.6) is 5.75 Å². The van der Waals surface area contributed by atoms with Crippen molar-refractivity contribution in [2.45, 2.75) is 25.9 Å². The number of piperazine rings is 1. The Balaban J connectivity index is 1.22. The van der Waals surface area contributed by atoms with Crippen LogP contribution in [-0.4, -0.2) is 68.7 Å². The number of methoxy groups -OCH3 is 1. The van der Waals surface area contributed by atoms with Crippen molar-refractivity contribution in [3.05, 3.63) is 48.0 Å². The van der Waals surface area contributed by atoms with E-state index in [0.717, 1.165) is 67.7 Å². The topological polar surface area (TPSA) is 76.4 Å². The van der Waals surface area contributed by atoms with Crippen molar-refractivity contribution in [2.24, 2.45) is 0 Å². The molecule has 4 rings (SSSR count). The fraction of sp³-hybridized carbons (Fsp3) is 0.429. The molecule has 0 spiro atoms. The first-order chi connectivity index (χ1) is 14.7. The van der Waals surface area contributed by atoms with Crippen LogP contribution in [0.4, 0.5) is 0 Å². The van der Waals surface area contributed by atoms with E-state index in [2.05, 4.69) is 20.4 Å². The molecule has 0 saturated carbocycles. The van der Waals surface area contributed by atoms with Crippen LogP contribution in [-0.2, 0) is 17.9 Å². The van der Waals surface area contributed by atoms with Gasteiger partial charge in [0.1, 0.15) is 23.4 Å². The molecule has 0 bridgehead atoms. The van der Waals surface area contributed by atoms with Crippen LogP contribution in [0, 0.1) is 0 Å². The molecule has 0 unspecified atom stereocenters. The Morgan fingerprint density at radius 2 is 1.97 bits per heavy atom. The van der Waals surface area contributed by atoms with Gasteiger partial charge in [0.05, 0.1) is 12.8 Å². The lowest BCUT2D eigenvalue weighted by Gasteiger charge is -2.34. The van der Waals surface area contributed by atoms with Gasteiger partial charge in [0.15, 0.2) is 0 Å². The zero-order valence-electron chi connectivity index (χ0n) is 17.1. The van der Waals surface area contributed by atoms with Crippen molar-refractivity contribution in [3.8, 4) is 16.3 Å². The van der Waals surface area contributed by atoms with Crippen LogP contribution in [0.1, 0.15) is 18.5 Å². The van der Waals surface area contributed by atoms with E-state index in [1.165, 1.54) is 6.33 Å². The molecule has 0 radical (unpaired) electrons. The molecule has 8 nitrogen and oxygen atoms in total. The van der Waals surface area contributed by atoms with Crippen molar-refractivity contribution in [3.63, 3.8) is 0 Å². The highest BCUT2D eigenvalue weighted by molar-refractivity contribution is 7.13. The summed E-state index contributed by atoms with van der Waals surface area (Å²) in [5.74, 6) is 1.08. The fourth-order valence-electron chi connectivity index (χ4n) is 3.53. The highest BCUT2D eigenvalue weighted by Gasteiger charge is 2.21. The normalized spacial score (nSPS) is 14.8. The molecule has 1 aliphatic rings. The van der Waals surface area contributed by atoms with Gasteiger partial charge < -0.3 is 9.64 Å². The number of aryl methyl sites for hydroxylation is 1. The van der Waals surface area contributed by atoms with E-state index in [-0.39, 0.29) is 5.91 Å². The minimum atomic E-state index is 0.227. The highest BCUT2D eigenvalue weighted by atomic mass is 32.1. The monoisotopic (exact) mass is 426 g/mol. The lowest BCUT2D eigenvalue weighted by molar-refractivity contribution is -0.133. The summed E-state index contributed by atoms with van der Waals surface area (Å²) < 4.78 is 6.98. The van der Waals surface area contributed by atoms with Crippen LogP contribution in [0.15, 0.2) is 42.3 Å². The summed E-state index contributed by atoms with van der Waals surface area (Å²) in [4.78, 5) is 25.5. The number of carbonyl (C=O) groups is 1. The number of carbonyl (C=O) groups excluding carboxylic acids is 1. The summed E-state index contributed by atoms with van der Waals surface area (Å²) in [6.07, 6.45) is 4.54. The summed E-state index contributed by atoms with van der Waals surface area (Å²) in [6.45, 7) is 4.86. The van der Waals surface area contributed by atoms with Gasteiger partial charge in [0.2, 0.25) is 5.91 Å². The quantitative estimate of drug-likeness (QED) is 0.551. The van der Waals surface area contributed by atoms with E-state index >= 15 is 0 Å². The molecule has 0 atom stereocenters. The van der Waals surface area contributed by atoms with Crippen molar-refractivity contribution >= 4 is 17.2 Å². The molecule has 1 saturated heterocycles. The first-order valence-corrected chi connectivity index (χ1v) is 11.0. The number of aromatic nitrogens is 4. The molecule has 1 aromatic carbocycles. The van der Waals surface area contributed by atoms with E-state index in [0.29, 0.717) is 6.42 Å². The zero-order chi connectivity index (χ0) is 20.8. The molecule has 0 aliphatic carbocycles. The second-order valence-electron chi connectivity index (χ2n) is 7.29. The largest absolute Gasteiger partial charge is 0.497 e. The molecular formula is C21H26N6O2S. The average Bonchev–Trinajstić information content (AvgIpc) is 3.47. The van der Waals surface area contributed by atoms with Crippen molar-refractivity contribution in [1.82, 2.24) is 29.5 Å². The molecule has 1 amide bonds. The Bertz CT molecular complexity index is 933. The first-order valence-electron chi connectivity index (χ1n) is 10.1. The molecule has 1 aliphatic heterocycles. The Morgan fingerprint density at radius 1 is 1.17 bits per heavy atom. The molecule has 30 heavy (non-hydrogen) atoms. The summed E-state index contributed by atoms with van der Waals surface area (Å²) >= 11 is 1.66. The van der Waals surface area contributed by atoms with E-state index in [1.807, 2.05) is 29.2 Å². The van der Waals surface area contributed by atoms with Crippen LogP contribution in [0.3, 0.4) is 0 Å². The molecular weight excluding hydrogens is 400 g/mol. The van der Waals surface area contributed by atoms with E-state index < -0.39 is 0 Å². The third-order valence-electron chi connectivity index (χ3n) is 5.24. The molecule has 0 N–H and O–H groups in total. The van der Waals surface area contributed by atoms with Gasteiger partial charge in [-0.1, -0.05) is 0 Å². The smallest absolute Gasteiger partial charge is 0.222 e. The van der Waals surface area contributed by atoms with Crippen molar-refractivity contribution in [1.29, 1.82) is 0 Å². The standard InChI is InChI=1S/C21H26N6O2S/c1-29-19-6-4-17(5-7-19)21-24-18(14-30-21)13-25-9-11-26(12-10-25)20(28)3-2-8-27-16-22-15-23-27/h4-7,14-16H,2-3,8-13H2,1H3. The maximum atomic E-state index is 12.4. The molecule has 1 fully saturated rings. The number of hydrogen-bond donors (Lipinski definition) is 0. The Morgan fingerprint density at radius 3 is 2.67 bits per heavy atom. The van der Waals surface area contributed by atoms with Crippen LogP contribution in [0.2, 0.25) is 0 Å². The third kappa shape index (κ3) is 5.22. The first kappa shape index (κ1) is 20.5. The summed E-state index contributed by atoms with van der Waals surface area (Å²) in [6, 6.07) is 7.99. The van der Waals surface area contributed by atoms with Crippen LogP contribution in [0.25, 0.3) is 10.6 Å². The number of amides is 1. The predicted molar refractivity (Wildman–Crippen MR) is 115 cm³/mol. The Hall–Kier alpha value is -2.78. The summed E-state index contributed by atoms with van der Waals surface area (Å²) in [7, 11) is 1.67. The van der Waals surface area contributed by atoms with Gasteiger partial charge in [-0.05, 0) is 30.7 Å². The number of hydrogen-bond acceptors (Lipinski definition) is 7. The van der Waals surface area contributed by atoms with Crippen molar-refractivity contribution < 1.29 is 9.53 Å². The average molecular weight is 427 g/mol. The van der Waals surface area contributed by atoms with Crippen LogP contribution >= 0.6 is 11.3 Å². The number of nitrogens with zero attached hydrogens (tertiary/aromatic N) is 6. The summed E-state index contributed by atoms with van der Waals surface area (Å²) in [5, 5.41) is 7.22. The number of rotatable bonds is 8. The second kappa shape index (κ2) is 9.82. The van der Waals surface area contributed by atoms with Gasteiger partial charge in [0, 0.05) is 56.6 Å². The molecule has 3 aromatic rings. The van der Waals surface area contributed by atoms with Gasteiger partial charge in [-0.2, -0.15) is 5.10 Å². The van der Waals surface area contributed by atoms with Gasteiger partial charge in [-0.15, -0.1) is 11.3 Å². The lowest BCUT2D eigenvalue weighted by Crippen LogP contribution is -2.48. The predicted octanol–water partition coefficient (Wildman–Crippen LogP) is 2.53. The van der Waals surface area contributed by atoms with Gasteiger partial charge in [-0.3, -0.25) is 14.4 Å². The van der Waals surface area contributed by atoms with E-state index in [1.54, 1.807) is 29.5 Å². The zero-order valence-corrected chi connectivity index (χ0v) is 17.9. The number of thiazole rings is 1. The minimum absolute atomic E-state index is 0.227. The highest BCUT2D eigenvalue weighted by Crippen LogP contribution is 2.26. The van der Waals surface area contributed by atoms with E-state index in [4.69, 9.17) is 9.72 Å². The second-order valence-corrected chi connectivity index (χ2v) is 8.15.